The number of hydrogen-bond acceptors (Lipinski definition) is 5. The van der Waals surface area contributed by atoms with Crippen molar-refractivity contribution in [3.8, 4) is 28.4 Å². The summed E-state index contributed by atoms with van der Waals surface area (Å²) < 4.78 is 12.8. The van der Waals surface area contributed by atoms with E-state index in [1.165, 1.54) is 0 Å². The van der Waals surface area contributed by atoms with Crippen molar-refractivity contribution in [1.29, 1.82) is 0 Å². The van der Waals surface area contributed by atoms with Gasteiger partial charge in [-0.15, -0.1) is 0 Å². The van der Waals surface area contributed by atoms with Gasteiger partial charge in [0.15, 0.2) is 0 Å². The van der Waals surface area contributed by atoms with Crippen molar-refractivity contribution in [2.24, 2.45) is 0 Å². The number of rotatable bonds is 6. The predicted molar refractivity (Wildman–Crippen MR) is 125 cm³/mol. The number of ether oxygens (including phenoxy) is 2. The summed E-state index contributed by atoms with van der Waals surface area (Å²) in [6, 6.07) is 15.7. The van der Waals surface area contributed by atoms with Crippen LogP contribution in [0.1, 0.15) is 23.2 Å². The van der Waals surface area contributed by atoms with E-state index < -0.39 is 0 Å². The van der Waals surface area contributed by atoms with Crippen LogP contribution in [0.15, 0.2) is 54.7 Å². The van der Waals surface area contributed by atoms with Crippen molar-refractivity contribution >= 4 is 5.91 Å². The molecule has 0 radical (unpaired) electrons. The number of methoxy groups -OCH3 is 2. The fourth-order valence-corrected chi connectivity index (χ4v) is 4.17. The van der Waals surface area contributed by atoms with Crippen LogP contribution in [0.4, 0.5) is 0 Å². The Balaban J connectivity index is 1.81. The molecule has 4 rings (SSSR count). The fourth-order valence-electron chi connectivity index (χ4n) is 4.17. The molecule has 7 nitrogen and oxygen atoms in total. The fraction of sp³-hybridized carbons (Fsp3) is 0.360. The van der Waals surface area contributed by atoms with Gasteiger partial charge in [-0.25, -0.2) is 4.68 Å². The zero-order valence-corrected chi connectivity index (χ0v) is 19.1. The second kappa shape index (κ2) is 9.44. The highest BCUT2D eigenvalue weighted by molar-refractivity contribution is 6.00. The topological polar surface area (TPSA) is 59.8 Å². The van der Waals surface area contributed by atoms with Crippen LogP contribution < -0.4 is 9.47 Å². The Labute approximate surface area is 189 Å². The first-order valence-electron chi connectivity index (χ1n) is 10.8. The third-order valence-electron chi connectivity index (χ3n) is 6.04. The Morgan fingerprint density at radius 2 is 1.88 bits per heavy atom. The molecular formula is C25H30N4O3. The largest absolute Gasteiger partial charge is 0.497 e. The highest BCUT2D eigenvalue weighted by Gasteiger charge is 2.29. The van der Waals surface area contributed by atoms with E-state index in [9.17, 15) is 4.79 Å². The van der Waals surface area contributed by atoms with Crippen molar-refractivity contribution in [2.75, 3.05) is 41.4 Å². The summed E-state index contributed by atoms with van der Waals surface area (Å²) >= 11 is 0. The number of carbonyl (C=O) groups excluding carboxylic acids is 1. The molecule has 0 bridgehead atoms. The number of para-hydroxylation sites is 1. The van der Waals surface area contributed by atoms with Crippen LogP contribution in [0.3, 0.4) is 0 Å². The molecule has 1 saturated heterocycles. The van der Waals surface area contributed by atoms with Crippen LogP contribution in [0.2, 0.25) is 0 Å². The minimum atomic E-state index is -0.0152. The normalized spacial score (nSPS) is 16.3. The maximum absolute atomic E-state index is 13.7. The Kier molecular flexibility index (Phi) is 6.46. The second-order valence-electron chi connectivity index (χ2n) is 8.25. The molecule has 0 aliphatic carbocycles. The molecule has 1 aromatic heterocycles. The summed E-state index contributed by atoms with van der Waals surface area (Å²) in [7, 11) is 7.37. The Hall–Kier alpha value is -3.32. The number of likely N-dealkylation sites (N-methyl/N-ethyl adjacent to an activating group) is 1. The molecule has 0 saturated carbocycles. The van der Waals surface area contributed by atoms with Gasteiger partial charge in [-0.3, -0.25) is 4.79 Å². The summed E-state index contributed by atoms with van der Waals surface area (Å²) in [5, 5.41) is 4.83. The van der Waals surface area contributed by atoms with Crippen LogP contribution in [0.25, 0.3) is 16.9 Å². The number of likely N-dealkylation sites (tertiary alicyclic amines) is 1. The number of piperidine rings is 1. The minimum absolute atomic E-state index is 0.0152. The van der Waals surface area contributed by atoms with Gasteiger partial charge >= 0.3 is 0 Å². The lowest BCUT2D eigenvalue weighted by atomic mass is 10.0. The molecule has 1 fully saturated rings. The van der Waals surface area contributed by atoms with Crippen molar-refractivity contribution < 1.29 is 14.3 Å². The third-order valence-corrected chi connectivity index (χ3v) is 6.04. The molecular weight excluding hydrogens is 404 g/mol. The molecule has 2 aromatic carbocycles. The lowest BCUT2D eigenvalue weighted by Gasteiger charge is -2.36. The van der Waals surface area contributed by atoms with Gasteiger partial charge in [0, 0.05) is 30.9 Å². The van der Waals surface area contributed by atoms with Crippen LogP contribution in [0.5, 0.6) is 11.5 Å². The number of nitrogens with zero attached hydrogens (tertiary/aromatic N) is 4. The first kappa shape index (κ1) is 21.9. The van der Waals surface area contributed by atoms with Crippen molar-refractivity contribution in [1.82, 2.24) is 19.6 Å². The van der Waals surface area contributed by atoms with Gasteiger partial charge in [-0.1, -0.05) is 18.2 Å². The lowest BCUT2D eigenvalue weighted by Crippen LogP contribution is -2.47. The molecule has 7 heteroatoms. The number of benzene rings is 2. The van der Waals surface area contributed by atoms with Gasteiger partial charge in [0.2, 0.25) is 0 Å². The molecule has 0 spiro atoms. The van der Waals surface area contributed by atoms with Crippen LogP contribution in [-0.4, -0.2) is 72.9 Å². The third kappa shape index (κ3) is 4.34. The molecule has 3 aromatic rings. The van der Waals surface area contributed by atoms with Crippen LogP contribution in [-0.2, 0) is 0 Å². The highest BCUT2D eigenvalue weighted by atomic mass is 16.5. The van der Waals surface area contributed by atoms with E-state index in [-0.39, 0.29) is 5.91 Å². The molecule has 1 atom stereocenters. The summed E-state index contributed by atoms with van der Waals surface area (Å²) in [6.45, 7) is 1.45. The van der Waals surface area contributed by atoms with Gasteiger partial charge in [0.1, 0.15) is 17.2 Å². The Morgan fingerprint density at radius 1 is 1.09 bits per heavy atom. The van der Waals surface area contributed by atoms with Gasteiger partial charge in [0.25, 0.3) is 5.91 Å². The summed E-state index contributed by atoms with van der Waals surface area (Å²) in [4.78, 5) is 17.9. The van der Waals surface area contributed by atoms with Gasteiger partial charge < -0.3 is 19.3 Å². The SMILES string of the molecule is COc1ccc(OC)c(-c2nn(-c3ccccc3)cc2C(=O)N2CCCC(N(C)C)C2)c1. The van der Waals surface area contributed by atoms with Gasteiger partial charge in [0.05, 0.1) is 25.5 Å². The second-order valence-corrected chi connectivity index (χ2v) is 8.25. The average Bonchev–Trinajstić information content (AvgIpc) is 3.29. The van der Waals surface area contributed by atoms with Crippen molar-refractivity contribution in [3.05, 3.63) is 60.3 Å². The van der Waals surface area contributed by atoms with Crippen molar-refractivity contribution in [3.63, 3.8) is 0 Å². The minimum Gasteiger partial charge on any atom is -0.497 e. The first-order chi connectivity index (χ1) is 15.5. The molecule has 1 amide bonds. The van der Waals surface area contributed by atoms with E-state index in [1.54, 1.807) is 18.9 Å². The number of hydrogen-bond donors (Lipinski definition) is 0. The molecule has 1 aliphatic heterocycles. The quantitative estimate of drug-likeness (QED) is 0.592. The van der Waals surface area contributed by atoms with Crippen LogP contribution >= 0.6 is 0 Å². The standard InChI is InChI=1S/C25H30N4O3/c1-27(2)19-11-8-14-28(16-19)25(30)22-17-29(18-9-6-5-7-10-18)26-24(22)21-15-20(31-3)12-13-23(21)32-4/h5-7,9-10,12-13,15,17,19H,8,11,14,16H2,1-4H3. The van der Waals surface area contributed by atoms with E-state index in [0.717, 1.165) is 30.6 Å². The zero-order valence-electron chi connectivity index (χ0n) is 19.1. The van der Waals surface area contributed by atoms with Gasteiger partial charge in [-0.2, -0.15) is 5.10 Å². The monoisotopic (exact) mass is 434 g/mol. The average molecular weight is 435 g/mol. The Bertz CT molecular complexity index is 1080. The van der Waals surface area contributed by atoms with Crippen LogP contribution in [0, 0.1) is 0 Å². The maximum atomic E-state index is 13.7. The summed E-state index contributed by atoms with van der Waals surface area (Å²) in [5.74, 6) is 1.31. The van der Waals surface area contributed by atoms with E-state index in [4.69, 9.17) is 14.6 Å². The number of carbonyl (C=O) groups is 1. The maximum Gasteiger partial charge on any atom is 0.257 e. The summed E-state index contributed by atoms with van der Waals surface area (Å²) in [6.07, 6.45) is 3.90. The number of aromatic nitrogens is 2. The molecule has 1 unspecified atom stereocenters. The summed E-state index contributed by atoms with van der Waals surface area (Å²) in [5.41, 5.74) is 2.76. The molecule has 32 heavy (non-hydrogen) atoms. The van der Waals surface area contributed by atoms with Crippen molar-refractivity contribution in [2.45, 2.75) is 18.9 Å². The lowest BCUT2D eigenvalue weighted by molar-refractivity contribution is 0.0636. The zero-order chi connectivity index (χ0) is 22.7. The highest BCUT2D eigenvalue weighted by Crippen LogP contribution is 2.35. The first-order valence-corrected chi connectivity index (χ1v) is 10.8. The number of amides is 1. The van der Waals surface area contributed by atoms with E-state index in [2.05, 4.69) is 19.0 Å². The van der Waals surface area contributed by atoms with Gasteiger partial charge in [-0.05, 0) is 57.3 Å². The van der Waals surface area contributed by atoms with E-state index in [0.29, 0.717) is 35.3 Å². The molecule has 1 aliphatic rings. The van der Waals surface area contributed by atoms with E-state index >= 15 is 0 Å². The molecule has 2 heterocycles. The predicted octanol–water partition coefficient (Wildman–Crippen LogP) is 3.72. The molecule has 0 N–H and O–H groups in total. The Morgan fingerprint density at radius 3 is 2.56 bits per heavy atom. The van der Waals surface area contributed by atoms with E-state index in [1.807, 2.05) is 59.6 Å². The molecule has 168 valence electrons. The smallest absolute Gasteiger partial charge is 0.257 e.